The Labute approximate surface area is 123 Å². The largest absolute Gasteiger partial charge is 0.497 e. The van der Waals surface area contributed by atoms with E-state index in [1.807, 2.05) is 28.8 Å². The lowest BCUT2D eigenvalue weighted by atomic mass is 9.96. The number of nitrogens with zero attached hydrogens (tertiary/aromatic N) is 2. The topological polar surface area (TPSA) is 64.3 Å². The van der Waals surface area contributed by atoms with E-state index >= 15 is 0 Å². The predicted molar refractivity (Wildman–Crippen MR) is 78.8 cm³/mol. The van der Waals surface area contributed by atoms with Crippen molar-refractivity contribution >= 4 is 5.97 Å². The van der Waals surface area contributed by atoms with E-state index in [-0.39, 0.29) is 11.6 Å². The third-order valence-electron chi connectivity index (χ3n) is 4.02. The van der Waals surface area contributed by atoms with Gasteiger partial charge in [0.1, 0.15) is 11.6 Å². The zero-order chi connectivity index (χ0) is 15.0. The van der Waals surface area contributed by atoms with Gasteiger partial charge in [0, 0.05) is 12.1 Å². The minimum absolute atomic E-state index is 0.181. The Hall–Kier alpha value is -2.30. The van der Waals surface area contributed by atoms with Gasteiger partial charge in [-0.15, -0.1) is 0 Å². The van der Waals surface area contributed by atoms with Crippen LogP contribution >= 0.6 is 0 Å². The quantitative estimate of drug-likeness (QED) is 0.941. The van der Waals surface area contributed by atoms with Crippen molar-refractivity contribution in [2.24, 2.45) is 0 Å². The summed E-state index contributed by atoms with van der Waals surface area (Å²) >= 11 is 0. The molecule has 0 fully saturated rings. The molecule has 0 spiro atoms. The first-order valence-corrected chi connectivity index (χ1v) is 7.10. The molecule has 2 heterocycles. The lowest BCUT2D eigenvalue weighted by Gasteiger charge is -2.22. The summed E-state index contributed by atoms with van der Waals surface area (Å²) in [4.78, 5) is 15.9. The molecule has 110 valence electrons. The standard InChI is InChI=1S/C16H18N2O3/c1-10-5-4-8-18-14(10)13(16(19)20)17-15(18)11-6-3-7-12(9-11)21-2/h3,6-7,9-10H,4-5,8H2,1-2H3,(H,19,20). The van der Waals surface area contributed by atoms with Crippen LogP contribution in [-0.4, -0.2) is 27.7 Å². The van der Waals surface area contributed by atoms with E-state index in [4.69, 9.17) is 4.74 Å². The van der Waals surface area contributed by atoms with E-state index in [0.29, 0.717) is 5.82 Å². The molecule has 1 aromatic carbocycles. The summed E-state index contributed by atoms with van der Waals surface area (Å²) in [7, 11) is 1.62. The van der Waals surface area contributed by atoms with Crippen LogP contribution in [0.3, 0.4) is 0 Å². The molecule has 0 aliphatic carbocycles. The summed E-state index contributed by atoms with van der Waals surface area (Å²) in [6.45, 7) is 2.88. The van der Waals surface area contributed by atoms with Gasteiger partial charge in [-0.25, -0.2) is 9.78 Å². The maximum absolute atomic E-state index is 11.5. The highest BCUT2D eigenvalue weighted by atomic mass is 16.5. The molecule has 1 aliphatic rings. The van der Waals surface area contributed by atoms with Crippen molar-refractivity contribution in [3.63, 3.8) is 0 Å². The third kappa shape index (κ3) is 2.28. The van der Waals surface area contributed by atoms with Crippen molar-refractivity contribution < 1.29 is 14.6 Å². The van der Waals surface area contributed by atoms with Crippen LogP contribution in [0.4, 0.5) is 0 Å². The summed E-state index contributed by atoms with van der Waals surface area (Å²) in [5.41, 5.74) is 1.91. The third-order valence-corrected chi connectivity index (χ3v) is 4.02. The van der Waals surface area contributed by atoms with Crippen LogP contribution in [0.1, 0.15) is 41.9 Å². The van der Waals surface area contributed by atoms with Crippen molar-refractivity contribution in [2.75, 3.05) is 7.11 Å². The summed E-state index contributed by atoms with van der Waals surface area (Å²) < 4.78 is 7.29. The van der Waals surface area contributed by atoms with E-state index in [1.165, 1.54) is 0 Å². The fourth-order valence-corrected chi connectivity index (χ4v) is 3.02. The van der Waals surface area contributed by atoms with Crippen LogP contribution in [0.5, 0.6) is 5.75 Å². The van der Waals surface area contributed by atoms with Gasteiger partial charge in [-0.05, 0) is 30.9 Å². The van der Waals surface area contributed by atoms with Crippen molar-refractivity contribution in [2.45, 2.75) is 32.2 Å². The number of aromatic nitrogens is 2. The highest BCUT2D eigenvalue weighted by molar-refractivity contribution is 5.88. The number of carboxylic acids is 1. The number of methoxy groups -OCH3 is 1. The number of carboxylic acid groups (broad SMARTS) is 1. The molecule has 2 aromatic rings. The van der Waals surface area contributed by atoms with Crippen LogP contribution in [0.25, 0.3) is 11.4 Å². The Balaban J connectivity index is 2.19. The molecule has 5 heteroatoms. The monoisotopic (exact) mass is 286 g/mol. The van der Waals surface area contributed by atoms with Gasteiger partial charge in [0.05, 0.1) is 12.8 Å². The summed E-state index contributed by atoms with van der Waals surface area (Å²) in [5.74, 6) is 0.719. The second-order valence-electron chi connectivity index (χ2n) is 5.40. The Kier molecular flexibility index (Phi) is 3.41. The molecule has 0 saturated heterocycles. The molecule has 1 N–H and O–H groups in total. The molecule has 1 unspecified atom stereocenters. The minimum Gasteiger partial charge on any atom is -0.497 e. The number of hydrogen-bond donors (Lipinski definition) is 1. The molecule has 21 heavy (non-hydrogen) atoms. The van der Waals surface area contributed by atoms with Gasteiger partial charge in [0.25, 0.3) is 0 Å². The molecular weight excluding hydrogens is 268 g/mol. The summed E-state index contributed by atoms with van der Waals surface area (Å²) in [6, 6.07) is 7.58. The van der Waals surface area contributed by atoms with E-state index in [0.717, 1.165) is 36.4 Å². The molecule has 0 radical (unpaired) electrons. The summed E-state index contributed by atoms with van der Waals surface area (Å²) in [5, 5.41) is 9.42. The number of rotatable bonds is 3. The Morgan fingerprint density at radius 2 is 2.29 bits per heavy atom. The molecule has 1 aromatic heterocycles. The smallest absolute Gasteiger partial charge is 0.356 e. The lowest BCUT2D eigenvalue weighted by molar-refractivity contribution is 0.0688. The normalized spacial score (nSPS) is 17.3. The maximum Gasteiger partial charge on any atom is 0.356 e. The number of ether oxygens (including phenoxy) is 1. The van der Waals surface area contributed by atoms with Crippen molar-refractivity contribution in [3.8, 4) is 17.1 Å². The number of fused-ring (bicyclic) bond motifs is 1. The Morgan fingerprint density at radius 3 is 3.00 bits per heavy atom. The van der Waals surface area contributed by atoms with Crippen LogP contribution < -0.4 is 4.74 Å². The van der Waals surface area contributed by atoms with Crippen molar-refractivity contribution in [1.29, 1.82) is 0 Å². The zero-order valence-electron chi connectivity index (χ0n) is 12.2. The molecular formula is C16H18N2O3. The fourth-order valence-electron chi connectivity index (χ4n) is 3.02. The average Bonchev–Trinajstić information content (AvgIpc) is 2.88. The van der Waals surface area contributed by atoms with E-state index < -0.39 is 5.97 Å². The lowest BCUT2D eigenvalue weighted by Crippen LogP contribution is -2.16. The highest BCUT2D eigenvalue weighted by Crippen LogP contribution is 2.34. The van der Waals surface area contributed by atoms with Gasteiger partial charge in [0.2, 0.25) is 0 Å². The molecule has 1 aliphatic heterocycles. The molecule has 5 nitrogen and oxygen atoms in total. The van der Waals surface area contributed by atoms with Gasteiger partial charge < -0.3 is 14.4 Å². The molecule has 3 rings (SSSR count). The Bertz CT molecular complexity index is 691. The van der Waals surface area contributed by atoms with Gasteiger partial charge in [0.15, 0.2) is 5.69 Å². The molecule has 1 atom stereocenters. The minimum atomic E-state index is -0.957. The second kappa shape index (κ2) is 5.24. The fraction of sp³-hybridized carbons (Fsp3) is 0.375. The molecule has 0 amide bonds. The Morgan fingerprint density at radius 1 is 1.48 bits per heavy atom. The molecule has 0 bridgehead atoms. The number of carbonyl (C=O) groups is 1. The van der Waals surface area contributed by atoms with Gasteiger partial charge in [-0.2, -0.15) is 0 Å². The zero-order valence-corrected chi connectivity index (χ0v) is 12.2. The van der Waals surface area contributed by atoms with Gasteiger partial charge in [-0.1, -0.05) is 19.1 Å². The average molecular weight is 286 g/mol. The number of benzene rings is 1. The first kappa shape index (κ1) is 13.7. The SMILES string of the molecule is COc1cccc(-c2nc(C(=O)O)c3n2CCCC3C)c1. The van der Waals surface area contributed by atoms with Crippen LogP contribution in [0.2, 0.25) is 0 Å². The van der Waals surface area contributed by atoms with Crippen LogP contribution in [0.15, 0.2) is 24.3 Å². The van der Waals surface area contributed by atoms with E-state index in [9.17, 15) is 9.90 Å². The highest BCUT2D eigenvalue weighted by Gasteiger charge is 2.28. The van der Waals surface area contributed by atoms with Gasteiger partial charge >= 0.3 is 5.97 Å². The first-order chi connectivity index (χ1) is 10.1. The maximum atomic E-state index is 11.5. The second-order valence-corrected chi connectivity index (χ2v) is 5.40. The van der Waals surface area contributed by atoms with E-state index in [1.54, 1.807) is 7.11 Å². The van der Waals surface area contributed by atoms with Crippen molar-refractivity contribution in [3.05, 3.63) is 35.7 Å². The van der Waals surface area contributed by atoms with Crippen molar-refractivity contribution in [1.82, 2.24) is 9.55 Å². The summed E-state index contributed by atoms with van der Waals surface area (Å²) in [6.07, 6.45) is 2.05. The van der Waals surface area contributed by atoms with Crippen LogP contribution in [-0.2, 0) is 6.54 Å². The number of imidazole rings is 1. The number of aromatic carboxylic acids is 1. The predicted octanol–water partition coefficient (Wildman–Crippen LogP) is 3.15. The van der Waals surface area contributed by atoms with E-state index in [2.05, 4.69) is 11.9 Å². The van der Waals surface area contributed by atoms with Gasteiger partial charge in [-0.3, -0.25) is 0 Å². The number of hydrogen-bond acceptors (Lipinski definition) is 3. The van der Waals surface area contributed by atoms with Crippen LogP contribution in [0, 0.1) is 0 Å². The molecule has 0 saturated carbocycles. The first-order valence-electron chi connectivity index (χ1n) is 7.10.